The molecule has 1 rings (SSSR count). The quantitative estimate of drug-likeness (QED) is 0.530. The van der Waals surface area contributed by atoms with Crippen LogP contribution >= 0.6 is 11.8 Å². The zero-order valence-electron chi connectivity index (χ0n) is 10.2. The van der Waals surface area contributed by atoms with Gasteiger partial charge in [-0.15, -0.1) is 11.8 Å². The summed E-state index contributed by atoms with van der Waals surface area (Å²) < 4.78 is 0. The molecule has 0 aliphatic rings. The first-order valence-corrected chi connectivity index (χ1v) is 6.59. The maximum absolute atomic E-state index is 11.3. The van der Waals surface area contributed by atoms with E-state index in [1.54, 1.807) is 18.8 Å². The van der Waals surface area contributed by atoms with Gasteiger partial charge in [-0.05, 0) is 23.4 Å². The van der Waals surface area contributed by atoms with E-state index in [2.05, 4.69) is 17.8 Å². The Bertz CT molecular complexity index is 353. The molecule has 0 aliphatic carbocycles. The molecule has 0 aromatic heterocycles. The Morgan fingerprint density at radius 3 is 2.59 bits per heavy atom. The van der Waals surface area contributed by atoms with E-state index < -0.39 is 0 Å². The minimum absolute atomic E-state index is 0.105. The molecule has 4 nitrogen and oxygen atoms in total. The molecule has 0 radical (unpaired) electrons. The summed E-state index contributed by atoms with van der Waals surface area (Å²) in [6.45, 7) is 2.12. The molecule has 0 bridgehead atoms. The van der Waals surface area contributed by atoms with Gasteiger partial charge in [0.05, 0.1) is 0 Å². The van der Waals surface area contributed by atoms with Crippen molar-refractivity contribution in [1.29, 1.82) is 0 Å². The highest BCUT2D eigenvalue weighted by atomic mass is 32.2. The van der Waals surface area contributed by atoms with Crippen molar-refractivity contribution in [2.45, 2.75) is 24.3 Å². The molecule has 0 heterocycles. The van der Waals surface area contributed by atoms with Crippen LogP contribution in [0.5, 0.6) is 0 Å². The second-order valence-electron chi connectivity index (χ2n) is 3.61. The molecular formula is C12H19N3OS. The van der Waals surface area contributed by atoms with Crippen LogP contribution in [0.3, 0.4) is 0 Å². The molecule has 1 atom stereocenters. The SMILES string of the molecule is CCSc1ccc(C(N)CC(=O)NNC)cc1. The summed E-state index contributed by atoms with van der Waals surface area (Å²) in [7, 11) is 1.65. The third-order valence-corrected chi connectivity index (χ3v) is 3.18. The summed E-state index contributed by atoms with van der Waals surface area (Å²) in [6.07, 6.45) is 0.279. The maximum atomic E-state index is 11.3. The molecule has 0 fully saturated rings. The number of hydrogen-bond donors (Lipinski definition) is 3. The van der Waals surface area contributed by atoms with Gasteiger partial charge in [0.15, 0.2) is 0 Å². The predicted octanol–water partition coefficient (Wildman–Crippen LogP) is 1.44. The minimum Gasteiger partial charge on any atom is -0.324 e. The van der Waals surface area contributed by atoms with Crippen LogP contribution in [0, 0.1) is 0 Å². The van der Waals surface area contributed by atoms with Crippen LogP contribution in [0.4, 0.5) is 0 Å². The molecule has 1 amide bonds. The van der Waals surface area contributed by atoms with E-state index in [0.717, 1.165) is 11.3 Å². The highest BCUT2D eigenvalue weighted by Crippen LogP contribution is 2.21. The lowest BCUT2D eigenvalue weighted by Crippen LogP contribution is -2.36. The van der Waals surface area contributed by atoms with Crippen LogP contribution in [-0.2, 0) is 4.79 Å². The molecule has 1 unspecified atom stereocenters. The Kier molecular flexibility index (Phi) is 6.04. The lowest BCUT2D eigenvalue weighted by atomic mass is 10.0. The van der Waals surface area contributed by atoms with E-state index in [1.807, 2.05) is 24.3 Å². The van der Waals surface area contributed by atoms with Crippen molar-refractivity contribution in [1.82, 2.24) is 10.9 Å². The van der Waals surface area contributed by atoms with E-state index in [1.165, 1.54) is 4.90 Å². The monoisotopic (exact) mass is 253 g/mol. The predicted molar refractivity (Wildman–Crippen MR) is 71.6 cm³/mol. The number of benzene rings is 1. The number of nitrogens with one attached hydrogen (secondary N) is 2. The summed E-state index contributed by atoms with van der Waals surface area (Å²) in [6, 6.07) is 7.78. The third-order valence-electron chi connectivity index (χ3n) is 2.29. The number of thioether (sulfide) groups is 1. The average Bonchev–Trinajstić information content (AvgIpc) is 2.30. The van der Waals surface area contributed by atoms with Crippen LogP contribution in [0.25, 0.3) is 0 Å². The van der Waals surface area contributed by atoms with Crippen LogP contribution in [0.2, 0.25) is 0 Å². The van der Waals surface area contributed by atoms with E-state index in [-0.39, 0.29) is 18.4 Å². The minimum atomic E-state index is -0.260. The number of hydrazine groups is 1. The normalized spacial score (nSPS) is 12.2. The average molecular weight is 253 g/mol. The van der Waals surface area contributed by atoms with Crippen molar-refractivity contribution >= 4 is 17.7 Å². The summed E-state index contributed by atoms with van der Waals surface area (Å²) in [4.78, 5) is 12.6. The van der Waals surface area contributed by atoms with E-state index in [0.29, 0.717) is 0 Å². The molecule has 0 aliphatic heterocycles. The van der Waals surface area contributed by atoms with Crippen molar-refractivity contribution in [2.75, 3.05) is 12.8 Å². The van der Waals surface area contributed by atoms with Gasteiger partial charge in [-0.1, -0.05) is 19.1 Å². The van der Waals surface area contributed by atoms with Gasteiger partial charge in [0.2, 0.25) is 5.91 Å². The third kappa shape index (κ3) is 4.77. The highest BCUT2D eigenvalue weighted by Gasteiger charge is 2.10. The molecule has 0 spiro atoms. The highest BCUT2D eigenvalue weighted by molar-refractivity contribution is 7.99. The van der Waals surface area contributed by atoms with Gasteiger partial charge in [-0.3, -0.25) is 10.2 Å². The number of carbonyl (C=O) groups excluding carboxylic acids is 1. The number of carbonyl (C=O) groups is 1. The standard InChI is InChI=1S/C12H19N3OS/c1-3-17-10-6-4-9(5-7-10)11(13)8-12(16)15-14-2/h4-7,11,14H,3,8,13H2,1-2H3,(H,15,16). The van der Waals surface area contributed by atoms with Crippen molar-refractivity contribution < 1.29 is 4.79 Å². The maximum Gasteiger partial charge on any atom is 0.235 e. The number of amides is 1. The molecule has 1 aromatic rings. The lowest BCUT2D eigenvalue weighted by Gasteiger charge is -2.12. The fourth-order valence-corrected chi connectivity index (χ4v) is 2.15. The topological polar surface area (TPSA) is 67.2 Å². The zero-order chi connectivity index (χ0) is 12.7. The Balaban J connectivity index is 2.56. The van der Waals surface area contributed by atoms with Crippen molar-refractivity contribution in [3.8, 4) is 0 Å². The largest absolute Gasteiger partial charge is 0.324 e. The summed E-state index contributed by atoms with van der Waals surface area (Å²) >= 11 is 1.79. The second-order valence-corrected chi connectivity index (χ2v) is 4.95. The van der Waals surface area contributed by atoms with Gasteiger partial charge >= 0.3 is 0 Å². The smallest absolute Gasteiger partial charge is 0.235 e. The van der Waals surface area contributed by atoms with Crippen LogP contribution in [0.1, 0.15) is 24.9 Å². The summed E-state index contributed by atoms with van der Waals surface area (Å²) in [5.41, 5.74) is 12.0. The first-order valence-electron chi connectivity index (χ1n) is 5.61. The van der Waals surface area contributed by atoms with Crippen molar-refractivity contribution in [3.05, 3.63) is 29.8 Å². The fraction of sp³-hybridized carbons (Fsp3) is 0.417. The van der Waals surface area contributed by atoms with E-state index in [4.69, 9.17) is 5.73 Å². The molecule has 0 saturated carbocycles. The summed E-state index contributed by atoms with van der Waals surface area (Å²) in [5, 5.41) is 0. The Labute approximate surface area is 106 Å². The van der Waals surface area contributed by atoms with Gasteiger partial charge in [0.1, 0.15) is 0 Å². The van der Waals surface area contributed by atoms with E-state index in [9.17, 15) is 4.79 Å². The van der Waals surface area contributed by atoms with Crippen LogP contribution in [0.15, 0.2) is 29.2 Å². The number of nitrogens with two attached hydrogens (primary N) is 1. The van der Waals surface area contributed by atoms with Gasteiger partial charge in [-0.25, -0.2) is 5.43 Å². The van der Waals surface area contributed by atoms with Gasteiger partial charge in [-0.2, -0.15) is 0 Å². The Morgan fingerprint density at radius 2 is 2.06 bits per heavy atom. The lowest BCUT2D eigenvalue weighted by molar-refractivity contribution is -0.122. The number of rotatable bonds is 6. The zero-order valence-corrected chi connectivity index (χ0v) is 11.0. The first-order chi connectivity index (χ1) is 8.17. The van der Waals surface area contributed by atoms with Gasteiger partial charge < -0.3 is 5.73 Å². The summed E-state index contributed by atoms with van der Waals surface area (Å²) in [5.74, 6) is 0.947. The molecule has 5 heteroatoms. The van der Waals surface area contributed by atoms with Crippen molar-refractivity contribution in [3.63, 3.8) is 0 Å². The molecule has 17 heavy (non-hydrogen) atoms. The van der Waals surface area contributed by atoms with Crippen molar-refractivity contribution in [2.24, 2.45) is 5.73 Å². The second kappa shape index (κ2) is 7.32. The number of hydrogen-bond acceptors (Lipinski definition) is 4. The molecule has 0 saturated heterocycles. The van der Waals surface area contributed by atoms with Crippen LogP contribution < -0.4 is 16.6 Å². The molecule has 94 valence electrons. The Morgan fingerprint density at radius 1 is 1.41 bits per heavy atom. The first kappa shape index (κ1) is 14.0. The fourth-order valence-electron chi connectivity index (χ4n) is 1.49. The van der Waals surface area contributed by atoms with Crippen LogP contribution in [-0.4, -0.2) is 18.7 Å². The van der Waals surface area contributed by atoms with E-state index >= 15 is 0 Å². The van der Waals surface area contributed by atoms with Gasteiger partial charge in [0, 0.05) is 24.4 Å². The Hall–Kier alpha value is -1.04. The molecule has 4 N–H and O–H groups in total. The molecular weight excluding hydrogens is 234 g/mol. The molecule has 1 aromatic carbocycles. The van der Waals surface area contributed by atoms with Gasteiger partial charge in [0.25, 0.3) is 0 Å².